The van der Waals surface area contributed by atoms with Crippen LogP contribution in [-0.2, 0) is 23.7 Å². The molecule has 0 bridgehead atoms. The van der Waals surface area contributed by atoms with Gasteiger partial charge in [0.25, 0.3) is 0 Å². The summed E-state index contributed by atoms with van der Waals surface area (Å²) in [7, 11) is 0. The largest absolute Gasteiger partial charge is 0.394 e. The van der Waals surface area contributed by atoms with Crippen LogP contribution in [0, 0.1) is 0 Å². The molecule has 2 aliphatic rings. The monoisotopic (exact) mass is 1080 g/mol. The molecule has 2 heterocycles. The normalized spacial score (nSPS) is 25.0. The molecule has 1 amide bonds. The topological polar surface area (TPSA) is 228 Å². The first-order valence-corrected chi connectivity index (χ1v) is 31.6. The van der Waals surface area contributed by atoms with Crippen molar-refractivity contribution >= 4 is 5.91 Å². The van der Waals surface area contributed by atoms with Crippen molar-refractivity contribution in [3.63, 3.8) is 0 Å². The van der Waals surface area contributed by atoms with Crippen LogP contribution in [0.15, 0.2) is 24.3 Å². The fourth-order valence-electron chi connectivity index (χ4n) is 10.6. The smallest absolute Gasteiger partial charge is 0.220 e. The molecule has 14 heteroatoms. The Hall–Kier alpha value is -1.53. The van der Waals surface area contributed by atoms with Crippen LogP contribution in [0.25, 0.3) is 0 Å². The first-order valence-electron chi connectivity index (χ1n) is 31.6. The lowest BCUT2D eigenvalue weighted by Crippen LogP contribution is -2.65. The van der Waals surface area contributed by atoms with Gasteiger partial charge in [0, 0.05) is 6.42 Å². The number of hydrogen-bond acceptors (Lipinski definition) is 13. The van der Waals surface area contributed by atoms with Crippen LogP contribution < -0.4 is 5.32 Å². The Morgan fingerprint density at radius 1 is 0.474 bits per heavy atom. The minimum Gasteiger partial charge on any atom is -0.394 e. The predicted octanol–water partition coefficient (Wildman–Crippen LogP) is 11.2. The number of ether oxygens (including phenoxy) is 4. The predicted molar refractivity (Wildman–Crippen MR) is 305 cm³/mol. The highest BCUT2D eigenvalue weighted by Gasteiger charge is 2.51. The van der Waals surface area contributed by atoms with E-state index < -0.39 is 86.8 Å². The van der Waals surface area contributed by atoms with Gasteiger partial charge >= 0.3 is 0 Å². The molecule has 2 saturated heterocycles. The van der Waals surface area contributed by atoms with Crippen molar-refractivity contribution in [1.82, 2.24) is 5.32 Å². The highest BCUT2D eigenvalue weighted by atomic mass is 16.7. The first kappa shape index (κ1) is 70.6. The van der Waals surface area contributed by atoms with E-state index >= 15 is 0 Å². The van der Waals surface area contributed by atoms with E-state index in [0.29, 0.717) is 12.8 Å². The number of amides is 1. The molecule has 2 aliphatic heterocycles. The molecule has 0 saturated carbocycles. The van der Waals surface area contributed by atoms with Gasteiger partial charge in [0.15, 0.2) is 12.6 Å². The van der Waals surface area contributed by atoms with E-state index in [1.54, 1.807) is 0 Å². The molecular weight excluding hydrogens is 967 g/mol. The van der Waals surface area contributed by atoms with Gasteiger partial charge in [-0.2, -0.15) is 0 Å². The zero-order valence-electron chi connectivity index (χ0n) is 48.3. The summed E-state index contributed by atoms with van der Waals surface area (Å²) in [5.74, 6) is -0.204. The molecule has 0 aromatic rings. The number of carbonyl (C=O) groups is 1. The summed E-state index contributed by atoms with van der Waals surface area (Å²) in [6.07, 6.45) is 40.3. The fraction of sp³-hybridized carbons (Fsp3) is 0.919. The quantitative estimate of drug-likeness (QED) is 0.0204. The van der Waals surface area contributed by atoms with Gasteiger partial charge in [0.2, 0.25) is 5.91 Å². The minimum absolute atomic E-state index is 0.204. The van der Waals surface area contributed by atoms with Gasteiger partial charge in [-0.1, -0.05) is 244 Å². The average molecular weight is 1080 g/mol. The van der Waals surface area contributed by atoms with E-state index in [9.17, 15) is 45.6 Å². The molecule has 76 heavy (non-hydrogen) atoms. The summed E-state index contributed by atoms with van der Waals surface area (Å²) in [6, 6.07) is -0.827. The first-order chi connectivity index (χ1) is 37.1. The van der Waals surface area contributed by atoms with Crippen LogP contribution in [0.2, 0.25) is 0 Å². The van der Waals surface area contributed by atoms with Crippen molar-refractivity contribution in [1.29, 1.82) is 0 Å². The molecule has 0 aromatic heterocycles. The van der Waals surface area contributed by atoms with E-state index in [1.807, 2.05) is 0 Å². The number of aliphatic hydroxyl groups is 8. The van der Waals surface area contributed by atoms with Gasteiger partial charge in [-0.25, -0.2) is 0 Å². The number of unbranched alkanes of at least 4 members (excludes halogenated alkanes) is 34. The van der Waals surface area contributed by atoms with Gasteiger partial charge in [-0.05, 0) is 44.9 Å². The highest BCUT2D eigenvalue weighted by molar-refractivity contribution is 5.76. The lowest BCUT2D eigenvalue weighted by Gasteiger charge is -2.46. The van der Waals surface area contributed by atoms with Crippen LogP contribution in [-0.4, -0.2) is 140 Å². The number of allylic oxidation sites excluding steroid dienone is 4. The van der Waals surface area contributed by atoms with Crippen LogP contribution >= 0.6 is 0 Å². The zero-order valence-corrected chi connectivity index (χ0v) is 48.3. The third-order valence-electron chi connectivity index (χ3n) is 15.7. The van der Waals surface area contributed by atoms with Crippen LogP contribution in [0.5, 0.6) is 0 Å². The zero-order chi connectivity index (χ0) is 55.3. The molecule has 0 spiro atoms. The minimum atomic E-state index is -1.78. The molecule has 0 aliphatic carbocycles. The Balaban J connectivity index is 1.71. The summed E-state index contributed by atoms with van der Waals surface area (Å²) >= 11 is 0. The van der Waals surface area contributed by atoms with Crippen molar-refractivity contribution in [2.45, 2.75) is 344 Å². The van der Waals surface area contributed by atoms with Crippen molar-refractivity contribution in [2.24, 2.45) is 0 Å². The van der Waals surface area contributed by atoms with Crippen molar-refractivity contribution < 1.29 is 64.6 Å². The lowest BCUT2D eigenvalue weighted by molar-refractivity contribution is -0.359. The Morgan fingerprint density at radius 3 is 1.32 bits per heavy atom. The SMILES string of the molecule is CCCCCCC/C=C\C/C=C\CCCCCCCCCCCCCCCC(=O)NC(COC1OC(CO)C(OC2OC(CO)C(O)C(O)C2O)C(O)C1O)C(O)CCCCCCCCCCCCCCCCCCC. The molecule has 2 fully saturated rings. The van der Waals surface area contributed by atoms with Gasteiger partial charge in [0.05, 0.1) is 32.0 Å². The number of hydrogen-bond donors (Lipinski definition) is 9. The number of carbonyl (C=O) groups excluding carboxylic acids is 1. The molecular formula is C62H117NO13. The summed E-state index contributed by atoms with van der Waals surface area (Å²) < 4.78 is 22.9. The Labute approximate surface area is 462 Å². The second-order valence-electron chi connectivity index (χ2n) is 22.5. The standard InChI is InChI=1S/C62H117NO13/c1-3-5-7-9-11-13-15-17-19-21-22-23-24-25-26-27-28-30-32-34-36-38-40-42-44-46-54(67)63-50(51(66)45-43-41-39-37-35-33-31-29-20-18-16-14-12-10-8-6-4-2)49-73-61-59(72)57(70)60(53(48-65)75-61)76-62-58(71)56(69)55(68)52(47-64)74-62/h15,17,21-22,50-53,55-62,64-66,68-72H,3-14,16,18-20,23-49H2,1-2H3,(H,63,67)/b17-15-,22-21-. The second kappa shape index (κ2) is 48.2. The Morgan fingerprint density at radius 2 is 0.868 bits per heavy atom. The maximum Gasteiger partial charge on any atom is 0.220 e. The summed E-state index contributed by atoms with van der Waals surface area (Å²) in [5, 5.41) is 87.4. The van der Waals surface area contributed by atoms with Crippen LogP contribution in [0.1, 0.15) is 271 Å². The van der Waals surface area contributed by atoms with E-state index in [4.69, 9.17) is 18.9 Å². The maximum absolute atomic E-state index is 13.3. The molecule has 0 aromatic carbocycles. The molecule has 12 unspecified atom stereocenters. The van der Waals surface area contributed by atoms with E-state index in [0.717, 1.165) is 57.8 Å². The number of aliphatic hydroxyl groups excluding tert-OH is 8. The molecule has 9 N–H and O–H groups in total. The van der Waals surface area contributed by atoms with Gasteiger partial charge in [0.1, 0.15) is 48.8 Å². The molecule has 2 rings (SSSR count). The molecule has 0 radical (unpaired) electrons. The molecule has 12 atom stereocenters. The van der Waals surface area contributed by atoms with E-state index in [2.05, 4.69) is 43.5 Å². The van der Waals surface area contributed by atoms with Crippen LogP contribution in [0.4, 0.5) is 0 Å². The summed E-state index contributed by atoms with van der Waals surface area (Å²) in [4.78, 5) is 13.3. The highest BCUT2D eigenvalue weighted by Crippen LogP contribution is 2.30. The second-order valence-corrected chi connectivity index (χ2v) is 22.5. The van der Waals surface area contributed by atoms with Crippen LogP contribution in [0.3, 0.4) is 0 Å². The Bertz CT molecular complexity index is 1370. The Kier molecular flexibility index (Phi) is 44.8. The average Bonchev–Trinajstić information content (AvgIpc) is 3.42. The van der Waals surface area contributed by atoms with Gasteiger partial charge in [-0.15, -0.1) is 0 Å². The van der Waals surface area contributed by atoms with Crippen molar-refractivity contribution in [3.05, 3.63) is 24.3 Å². The lowest BCUT2D eigenvalue weighted by atomic mass is 9.97. The molecule has 14 nitrogen and oxygen atoms in total. The maximum atomic E-state index is 13.3. The van der Waals surface area contributed by atoms with Gasteiger partial charge in [-0.3, -0.25) is 4.79 Å². The summed E-state index contributed by atoms with van der Waals surface area (Å²) in [5.41, 5.74) is 0. The van der Waals surface area contributed by atoms with Gasteiger partial charge < -0.3 is 65.1 Å². The summed E-state index contributed by atoms with van der Waals surface area (Å²) in [6.45, 7) is 2.88. The third kappa shape index (κ3) is 33.3. The van der Waals surface area contributed by atoms with E-state index in [1.165, 1.54) is 186 Å². The van der Waals surface area contributed by atoms with Crippen molar-refractivity contribution in [2.75, 3.05) is 19.8 Å². The fourth-order valence-corrected chi connectivity index (χ4v) is 10.6. The number of rotatable bonds is 51. The third-order valence-corrected chi connectivity index (χ3v) is 15.7. The number of nitrogens with one attached hydrogen (secondary N) is 1. The van der Waals surface area contributed by atoms with E-state index in [-0.39, 0.29) is 12.5 Å². The van der Waals surface area contributed by atoms with Crippen molar-refractivity contribution in [3.8, 4) is 0 Å². The molecule has 448 valence electrons.